The highest BCUT2D eigenvalue weighted by Gasteiger charge is 2.33. The average Bonchev–Trinajstić information content (AvgIpc) is 3.15. The fourth-order valence-corrected chi connectivity index (χ4v) is 6.56. The highest BCUT2D eigenvalue weighted by molar-refractivity contribution is 7.89. The number of aryl methyl sites for hydroxylation is 1. The molecule has 1 atom stereocenters. The number of carbonyl (C=O) groups excluding carboxylic acids is 1. The van der Waals surface area contributed by atoms with Crippen LogP contribution in [0, 0.1) is 5.92 Å². The number of nitrogens with zero attached hydrogens (tertiary/aromatic N) is 3. The molecule has 1 amide bonds. The maximum absolute atomic E-state index is 13.1. The van der Waals surface area contributed by atoms with Crippen LogP contribution >= 0.6 is 11.3 Å². The van der Waals surface area contributed by atoms with Gasteiger partial charge in [-0.2, -0.15) is 9.30 Å². The lowest BCUT2D eigenvalue weighted by molar-refractivity contribution is -0.122. The largest absolute Gasteiger partial charge is 0.497 e. The third-order valence-electron chi connectivity index (χ3n) is 5.72. The Hall–Kier alpha value is -2.69. The van der Waals surface area contributed by atoms with Crippen LogP contribution < -0.4 is 14.3 Å². The molecule has 0 N–H and O–H groups in total. The van der Waals surface area contributed by atoms with Crippen molar-refractivity contribution in [2.24, 2.45) is 18.0 Å². The normalized spacial score (nSPS) is 17.9. The maximum atomic E-state index is 13.1. The molecule has 4 rings (SSSR count). The van der Waals surface area contributed by atoms with Crippen molar-refractivity contribution in [2.45, 2.75) is 24.7 Å². The Morgan fingerprint density at radius 1 is 1.21 bits per heavy atom. The maximum Gasteiger partial charge on any atom is 0.252 e. The highest BCUT2D eigenvalue weighted by atomic mass is 32.2. The lowest BCUT2D eigenvalue weighted by Crippen LogP contribution is -2.42. The van der Waals surface area contributed by atoms with Crippen LogP contribution in [0.25, 0.3) is 10.2 Å². The topological polar surface area (TPSA) is 90.2 Å². The van der Waals surface area contributed by atoms with Crippen LogP contribution in [0.1, 0.15) is 19.8 Å². The molecule has 0 saturated carbocycles. The average molecular weight is 490 g/mol. The number of fused-ring (bicyclic) bond motifs is 1. The minimum absolute atomic E-state index is 0.121. The van der Waals surface area contributed by atoms with Crippen LogP contribution in [0.15, 0.2) is 52.4 Å². The lowest BCUT2D eigenvalue weighted by Gasteiger charge is -2.30. The van der Waals surface area contributed by atoms with Gasteiger partial charge >= 0.3 is 0 Å². The number of benzene rings is 2. The zero-order valence-corrected chi connectivity index (χ0v) is 20.5. The number of thiazole rings is 1. The predicted octanol–water partition coefficient (Wildman–Crippen LogP) is 3.18. The predicted molar refractivity (Wildman–Crippen MR) is 127 cm³/mol. The van der Waals surface area contributed by atoms with E-state index in [1.54, 1.807) is 12.1 Å². The van der Waals surface area contributed by atoms with Gasteiger partial charge < -0.3 is 14.0 Å². The van der Waals surface area contributed by atoms with Crippen molar-refractivity contribution in [1.29, 1.82) is 0 Å². The molecule has 1 saturated heterocycles. The van der Waals surface area contributed by atoms with Gasteiger partial charge in [-0.05, 0) is 56.2 Å². The molecule has 3 aromatic rings. The van der Waals surface area contributed by atoms with Crippen molar-refractivity contribution in [1.82, 2.24) is 8.87 Å². The van der Waals surface area contributed by atoms with E-state index in [9.17, 15) is 13.2 Å². The summed E-state index contributed by atoms with van der Waals surface area (Å²) in [6.07, 6.45) is 1.21. The number of piperidine rings is 1. The first-order valence-corrected chi connectivity index (χ1v) is 13.0. The van der Waals surface area contributed by atoms with Crippen LogP contribution in [0.3, 0.4) is 0 Å². The number of hydrogen-bond donors (Lipinski definition) is 0. The first-order chi connectivity index (χ1) is 15.8. The molecule has 8 nitrogen and oxygen atoms in total. The third kappa shape index (κ3) is 4.68. The van der Waals surface area contributed by atoms with Crippen molar-refractivity contribution in [3.63, 3.8) is 0 Å². The van der Waals surface area contributed by atoms with Crippen molar-refractivity contribution in [2.75, 3.05) is 26.8 Å². The number of sulfonamides is 1. The molecule has 1 aliphatic heterocycles. The van der Waals surface area contributed by atoms with Gasteiger partial charge in [0.2, 0.25) is 10.0 Å². The molecule has 2 aromatic carbocycles. The van der Waals surface area contributed by atoms with Crippen molar-refractivity contribution >= 4 is 37.5 Å². The van der Waals surface area contributed by atoms with Gasteiger partial charge in [-0.3, -0.25) is 4.79 Å². The summed E-state index contributed by atoms with van der Waals surface area (Å²) in [4.78, 5) is 18.2. The Labute approximate surface area is 197 Å². The molecule has 0 radical (unpaired) electrons. The van der Waals surface area contributed by atoms with Crippen molar-refractivity contribution in [3.05, 3.63) is 47.3 Å². The summed E-state index contributed by atoms with van der Waals surface area (Å²) in [5.74, 6) is 0.549. The number of aromatic nitrogens is 1. The fraction of sp³-hybridized carbons (Fsp3) is 0.391. The van der Waals surface area contributed by atoms with Crippen LogP contribution in [0.2, 0.25) is 0 Å². The van der Waals surface area contributed by atoms with Gasteiger partial charge in [0.15, 0.2) is 4.80 Å². The van der Waals surface area contributed by atoms with Gasteiger partial charge in [0.1, 0.15) is 17.0 Å². The van der Waals surface area contributed by atoms with Crippen LogP contribution in [0.5, 0.6) is 11.5 Å². The summed E-state index contributed by atoms with van der Waals surface area (Å²) in [6.45, 7) is 2.97. The summed E-state index contributed by atoms with van der Waals surface area (Å²) >= 11 is 1.41. The Balaban J connectivity index is 1.58. The summed E-state index contributed by atoms with van der Waals surface area (Å²) in [7, 11) is -0.316. The molecule has 10 heteroatoms. The number of carbonyl (C=O) groups is 1. The smallest absolute Gasteiger partial charge is 0.252 e. The van der Waals surface area contributed by atoms with Crippen molar-refractivity contribution < 1.29 is 22.7 Å². The third-order valence-corrected chi connectivity index (χ3v) is 8.70. The fourth-order valence-electron chi connectivity index (χ4n) is 3.99. The minimum Gasteiger partial charge on any atom is -0.497 e. The number of rotatable bonds is 6. The van der Waals surface area contributed by atoms with E-state index in [1.165, 1.54) is 34.9 Å². The number of amides is 1. The number of para-hydroxylation sites is 1. The Kier molecular flexibility index (Phi) is 6.87. The summed E-state index contributed by atoms with van der Waals surface area (Å²) in [5.41, 5.74) is 0.892. The monoisotopic (exact) mass is 489 g/mol. The van der Waals surface area contributed by atoms with E-state index < -0.39 is 15.9 Å². The molecule has 1 aliphatic rings. The molecule has 1 aromatic heterocycles. The second-order valence-electron chi connectivity index (χ2n) is 7.81. The molecule has 33 heavy (non-hydrogen) atoms. The van der Waals surface area contributed by atoms with E-state index in [0.717, 1.165) is 16.0 Å². The van der Waals surface area contributed by atoms with Gasteiger partial charge in [0.25, 0.3) is 5.91 Å². The highest BCUT2D eigenvalue weighted by Crippen LogP contribution is 2.28. The standard InChI is InChI=1S/C23H27N3O5S2/c1-4-31-19-8-5-9-20-21(19)25(2)23(32-20)24-22(27)16-7-6-14-26(15-16)33(28,29)18-12-10-17(30-3)11-13-18/h5,8-13,16H,4,6-7,14-15H2,1-3H3. The molecular weight excluding hydrogens is 462 g/mol. The molecule has 0 spiro atoms. The zero-order valence-electron chi connectivity index (χ0n) is 18.9. The van der Waals surface area contributed by atoms with E-state index in [4.69, 9.17) is 9.47 Å². The first kappa shape index (κ1) is 23.5. The van der Waals surface area contributed by atoms with Gasteiger partial charge in [-0.1, -0.05) is 17.4 Å². The minimum atomic E-state index is -3.70. The lowest BCUT2D eigenvalue weighted by atomic mass is 9.99. The quantitative estimate of drug-likeness (QED) is 0.531. The van der Waals surface area contributed by atoms with Gasteiger partial charge in [0.05, 0.1) is 29.2 Å². The van der Waals surface area contributed by atoms with Crippen LogP contribution in [0.4, 0.5) is 0 Å². The van der Waals surface area contributed by atoms with Gasteiger partial charge in [-0.25, -0.2) is 8.42 Å². The van der Waals surface area contributed by atoms with Gasteiger partial charge in [0, 0.05) is 20.1 Å². The number of hydrogen-bond acceptors (Lipinski definition) is 6. The molecule has 1 unspecified atom stereocenters. The van der Waals surface area contributed by atoms with E-state index in [2.05, 4.69) is 4.99 Å². The molecule has 176 valence electrons. The molecule has 1 fully saturated rings. The number of ether oxygens (including phenoxy) is 2. The van der Waals surface area contributed by atoms with Crippen LogP contribution in [-0.2, 0) is 21.9 Å². The van der Waals surface area contributed by atoms with E-state index >= 15 is 0 Å². The summed E-state index contributed by atoms with van der Waals surface area (Å²) < 4.78 is 41.3. The molecule has 0 bridgehead atoms. The first-order valence-electron chi connectivity index (χ1n) is 10.8. The second-order valence-corrected chi connectivity index (χ2v) is 10.8. The second kappa shape index (κ2) is 9.66. The SMILES string of the molecule is CCOc1cccc2sc(=NC(=O)C3CCCN(S(=O)(=O)c4ccc(OC)cc4)C3)n(C)c12. The zero-order chi connectivity index (χ0) is 23.6. The molecular formula is C23H27N3O5S2. The van der Waals surface area contributed by atoms with E-state index in [-0.39, 0.29) is 17.3 Å². The van der Waals surface area contributed by atoms with Crippen molar-refractivity contribution in [3.8, 4) is 11.5 Å². The summed E-state index contributed by atoms with van der Waals surface area (Å²) in [5, 5.41) is 0. The summed E-state index contributed by atoms with van der Waals surface area (Å²) in [6, 6.07) is 12.1. The molecule has 0 aliphatic carbocycles. The Morgan fingerprint density at radius 3 is 2.67 bits per heavy atom. The Bertz CT molecular complexity index is 1330. The van der Waals surface area contributed by atoms with Gasteiger partial charge in [-0.15, -0.1) is 0 Å². The Morgan fingerprint density at radius 2 is 1.97 bits per heavy atom. The van der Waals surface area contributed by atoms with Crippen LogP contribution in [-0.4, -0.2) is 50.0 Å². The van der Waals surface area contributed by atoms with E-state index in [0.29, 0.717) is 36.5 Å². The number of methoxy groups -OCH3 is 1. The molecule has 2 heterocycles. The van der Waals surface area contributed by atoms with E-state index in [1.807, 2.05) is 36.7 Å².